The van der Waals surface area contributed by atoms with E-state index >= 15 is 0 Å². The predicted octanol–water partition coefficient (Wildman–Crippen LogP) is 1.47. The third-order valence-electron chi connectivity index (χ3n) is 0.637. The summed E-state index contributed by atoms with van der Waals surface area (Å²) in [5.74, 6) is -0.833. The van der Waals surface area contributed by atoms with Crippen molar-refractivity contribution in [2.75, 3.05) is 13.2 Å². The molecule has 0 spiro atoms. The minimum absolute atomic E-state index is 0.833. The number of carboxylic acids is 1. The van der Waals surface area contributed by atoms with Gasteiger partial charge in [0.25, 0.3) is 5.97 Å². The van der Waals surface area contributed by atoms with Crippen molar-refractivity contribution >= 4 is 5.97 Å². The first-order chi connectivity index (χ1) is 5.15. The molecule has 0 aromatic rings. The fraction of sp³-hybridized carbons (Fsp3) is 0.857. The van der Waals surface area contributed by atoms with Crippen molar-refractivity contribution in [3.05, 3.63) is 0 Å². The Hall–Kier alpha value is 0.365. The first-order valence-corrected chi connectivity index (χ1v) is 7.60. The molecule has 0 fully saturated rings. The van der Waals surface area contributed by atoms with Crippen molar-refractivity contribution in [3.8, 4) is 0 Å². The number of carbonyl (C=O) groups is 1. The minimum atomic E-state index is -0.833. The molecule has 0 heterocycles. The summed E-state index contributed by atoms with van der Waals surface area (Å²) in [4.78, 5) is 9.00. The van der Waals surface area contributed by atoms with Crippen molar-refractivity contribution in [1.82, 2.24) is 0 Å². The van der Waals surface area contributed by atoms with E-state index in [1.807, 2.05) is 0 Å². The Bertz CT molecular complexity index is 77.8. The van der Waals surface area contributed by atoms with Crippen molar-refractivity contribution < 1.29 is 40.8 Å². The summed E-state index contributed by atoms with van der Waals surface area (Å²) in [6.45, 7) is 5.19. The average molecular weight is 348 g/mol. The molecular weight excluding hydrogens is 333 g/mol. The van der Waals surface area contributed by atoms with Gasteiger partial charge >= 0.3 is 61.3 Å². The number of aliphatic carboxylic acids is 1. The molecule has 1 N–H and O–H groups in total. The van der Waals surface area contributed by atoms with E-state index in [1.165, 1.54) is 3.93 Å². The summed E-state index contributed by atoms with van der Waals surface area (Å²) in [5, 5.41) is 7.42. The van der Waals surface area contributed by atoms with Crippen molar-refractivity contribution in [2.24, 2.45) is 0 Å². The molecule has 0 saturated carbocycles. The molecule has 0 aliphatic heterocycles. The van der Waals surface area contributed by atoms with Gasteiger partial charge in [-0.2, -0.15) is 0 Å². The fourth-order valence-electron chi connectivity index (χ4n) is 0.348. The summed E-state index contributed by atoms with van der Waals surface area (Å²) in [7, 11) is 0. The molecule has 0 radical (unpaired) electrons. The van der Waals surface area contributed by atoms with E-state index in [0.717, 1.165) is 52.7 Å². The number of ether oxygens (including phenoxy) is 1. The van der Waals surface area contributed by atoms with E-state index in [9.17, 15) is 0 Å². The molecule has 0 saturated heterocycles. The van der Waals surface area contributed by atoms with Crippen LogP contribution in [0.3, 0.4) is 0 Å². The van der Waals surface area contributed by atoms with Gasteiger partial charge < -0.3 is 5.11 Å². The normalized spacial score (nSPS) is 8.36. The Balaban J connectivity index is 0. The Morgan fingerprint density at radius 2 is 2.00 bits per heavy atom. The van der Waals surface area contributed by atoms with Crippen LogP contribution in [0.1, 0.15) is 20.3 Å². The van der Waals surface area contributed by atoms with Gasteiger partial charge in [-0.15, -0.1) is 0 Å². The molecule has 0 amide bonds. The van der Waals surface area contributed by atoms with Crippen LogP contribution in [0.2, 0.25) is 3.93 Å². The monoisotopic (exact) mass is 349 g/mol. The van der Waals surface area contributed by atoms with Crippen LogP contribution in [0, 0.1) is 0 Å². The van der Waals surface area contributed by atoms with Crippen LogP contribution < -0.4 is 0 Å². The van der Waals surface area contributed by atoms with Crippen LogP contribution in [0.5, 0.6) is 0 Å². The van der Waals surface area contributed by atoms with Gasteiger partial charge in [-0.05, 0) is 0 Å². The number of rotatable bonds is 4. The summed E-state index contributed by atoms with van der Waals surface area (Å²) in [6, 6.07) is 0. The zero-order valence-corrected chi connectivity index (χ0v) is 12.8. The van der Waals surface area contributed by atoms with Gasteiger partial charge in [-0.1, -0.05) is 0 Å². The first kappa shape index (κ1) is 13.9. The average Bonchev–Trinajstić information content (AvgIpc) is 1.88. The van der Waals surface area contributed by atoms with E-state index in [-0.39, 0.29) is 0 Å². The molecule has 4 heteroatoms. The van der Waals surface area contributed by atoms with Crippen molar-refractivity contribution in [2.45, 2.75) is 24.2 Å². The Morgan fingerprint density at radius 3 is 2.27 bits per heavy atom. The maximum atomic E-state index is 9.00. The number of carboxylic acid groups (broad SMARTS) is 1. The molecule has 0 rings (SSSR count). The van der Waals surface area contributed by atoms with Crippen LogP contribution in [0.15, 0.2) is 0 Å². The molecule has 63 valence electrons. The molecule has 11 heavy (non-hydrogen) atoms. The fourth-order valence-corrected chi connectivity index (χ4v) is 1.14. The second kappa shape index (κ2) is 13.0. The van der Waals surface area contributed by atoms with E-state index in [0.29, 0.717) is 0 Å². The molecule has 0 unspecified atom stereocenters. The SMILES string of the molecule is CC(=O)O.CCCOC[CH2][Hg]. The first-order valence-electron chi connectivity index (χ1n) is 3.71. The van der Waals surface area contributed by atoms with Crippen LogP contribution >= 0.6 is 0 Å². The van der Waals surface area contributed by atoms with Crippen molar-refractivity contribution in [3.63, 3.8) is 0 Å². The molecule has 0 aromatic heterocycles. The Labute approximate surface area is 84.1 Å². The summed E-state index contributed by atoms with van der Waals surface area (Å²) >= 11 is 0.945. The van der Waals surface area contributed by atoms with E-state index < -0.39 is 5.97 Å². The summed E-state index contributed by atoms with van der Waals surface area (Å²) in [5.41, 5.74) is 0. The quantitative estimate of drug-likeness (QED) is 0.619. The number of hydrogen-bond donors (Lipinski definition) is 1. The van der Waals surface area contributed by atoms with E-state index in [4.69, 9.17) is 14.6 Å². The predicted molar refractivity (Wildman–Crippen MR) is 39.2 cm³/mol. The second-order valence-electron chi connectivity index (χ2n) is 1.98. The molecular formula is C7H15HgO3. The summed E-state index contributed by atoms with van der Waals surface area (Å²) in [6.07, 6.45) is 1.16. The Morgan fingerprint density at radius 1 is 1.55 bits per heavy atom. The standard InChI is InChI=1S/C5H11O.C2H4O2.Hg/c1-3-5-6-4-2;1-2(3)4;/h2-5H2,1H3;1H3,(H,3,4);. The number of hydrogen-bond acceptors (Lipinski definition) is 2. The van der Waals surface area contributed by atoms with Gasteiger partial charge in [-0.25, -0.2) is 0 Å². The molecule has 0 bridgehead atoms. The van der Waals surface area contributed by atoms with Gasteiger partial charge in [0.15, 0.2) is 0 Å². The van der Waals surface area contributed by atoms with Gasteiger partial charge in [0.05, 0.1) is 0 Å². The van der Waals surface area contributed by atoms with Crippen LogP contribution in [-0.4, -0.2) is 24.3 Å². The van der Waals surface area contributed by atoms with E-state index in [2.05, 4.69) is 6.92 Å². The second-order valence-corrected chi connectivity index (χ2v) is 4.73. The van der Waals surface area contributed by atoms with Crippen LogP contribution in [0.4, 0.5) is 0 Å². The Kier molecular flexibility index (Phi) is 16.4. The van der Waals surface area contributed by atoms with Crippen LogP contribution in [-0.2, 0) is 35.7 Å². The topological polar surface area (TPSA) is 46.5 Å². The van der Waals surface area contributed by atoms with Crippen LogP contribution in [0.25, 0.3) is 0 Å². The third-order valence-corrected chi connectivity index (χ3v) is 1.76. The zero-order chi connectivity index (χ0) is 9.11. The van der Waals surface area contributed by atoms with Gasteiger partial charge in [0, 0.05) is 6.92 Å². The summed E-state index contributed by atoms with van der Waals surface area (Å²) < 4.78 is 6.51. The third kappa shape index (κ3) is 38.1. The zero-order valence-electron chi connectivity index (χ0n) is 7.30. The van der Waals surface area contributed by atoms with E-state index in [1.54, 1.807) is 0 Å². The molecule has 0 aromatic carbocycles. The van der Waals surface area contributed by atoms with Gasteiger partial charge in [0.1, 0.15) is 0 Å². The molecule has 0 atom stereocenters. The van der Waals surface area contributed by atoms with Gasteiger partial charge in [0.2, 0.25) is 0 Å². The maximum absolute atomic E-state index is 9.00. The molecule has 0 aliphatic carbocycles. The molecule has 0 aliphatic rings. The molecule has 3 nitrogen and oxygen atoms in total. The van der Waals surface area contributed by atoms with Crippen molar-refractivity contribution in [1.29, 1.82) is 0 Å². The van der Waals surface area contributed by atoms with Gasteiger partial charge in [-0.3, -0.25) is 4.79 Å².